The number of aryl methyl sites for hydroxylation is 1. The summed E-state index contributed by atoms with van der Waals surface area (Å²) in [6.45, 7) is 4.76. The Labute approximate surface area is 135 Å². The van der Waals surface area contributed by atoms with Crippen molar-refractivity contribution in [1.29, 1.82) is 0 Å². The number of rotatable bonds is 6. The minimum Gasteiger partial charge on any atom is -0.384 e. The maximum Gasteiger partial charge on any atom is 0.123 e. The van der Waals surface area contributed by atoms with Crippen LogP contribution in [0.15, 0.2) is 12.1 Å². The van der Waals surface area contributed by atoms with Gasteiger partial charge < -0.3 is 10.6 Å². The van der Waals surface area contributed by atoms with Gasteiger partial charge in [0.25, 0.3) is 0 Å². The molecule has 3 nitrogen and oxygen atoms in total. The largest absolute Gasteiger partial charge is 0.384 e. The fourth-order valence-corrected chi connectivity index (χ4v) is 4.40. The molecule has 3 rings (SSSR count). The molecule has 2 aliphatic rings. The van der Waals surface area contributed by atoms with E-state index in [1.165, 1.54) is 69.3 Å². The van der Waals surface area contributed by atoms with E-state index in [0.717, 1.165) is 18.8 Å². The molecule has 0 radical (unpaired) electrons. The third kappa shape index (κ3) is 3.81. The molecule has 1 saturated carbocycles. The summed E-state index contributed by atoms with van der Waals surface area (Å²) in [5.41, 5.74) is 8.46. The third-order valence-corrected chi connectivity index (χ3v) is 5.71. The van der Waals surface area contributed by atoms with Crippen molar-refractivity contribution in [2.75, 3.05) is 18.8 Å². The van der Waals surface area contributed by atoms with Crippen LogP contribution >= 0.6 is 0 Å². The zero-order valence-corrected chi connectivity index (χ0v) is 14.1. The number of nitrogen functional groups attached to an aromatic ring is 1. The van der Waals surface area contributed by atoms with Gasteiger partial charge in [-0.1, -0.05) is 38.7 Å². The Morgan fingerprint density at radius 2 is 2.05 bits per heavy atom. The molecular formula is C19H31N3. The highest BCUT2D eigenvalue weighted by atomic mass is 15.1. The van der Waals surface area contributed by atoms with Crippen LogP contribution in [0.5, 0.6) is 0 Å². The molecule has 2 aliphatic carbocycles. The lowest BCUT2D eigenvalue weighted by atomic mass is 9.90. The number of nitrogens with two attached hydrogens (primary N) is 1. The summed E-state index contributed by atoms with van der Waals surface area (Å²) < 4.78 is 0. The molecule has 0 amide bonds. The van der Waals surface area contributed by atoms with Crippen molar-refractivity contribution in [3.05, 3.63) is 23.4 Å². The summed E-state index contributed by atoms with van der Waals surface area (Å²) in [6, 6.07) is 4.85. The van der Waals surface area contributed by atoms with E-state index in [4.69, 9.17) is 5.73 Å². The van der Waals surface area contributed by atoms with Gasteiger partial charge in [0.05, 0.1) is 0 Å². The lowest BCUT2D eigenvalue weighted by Gasteiger charge is -2.34. The van der Waals surface area contributed by atoms with E-state index in [0.29, 0.717) is 11.9 Å². The normalized spacial score (nSPS) is 22.2. The van der Waals surface area contributed by atoms with Crippen molar-refractivity contribution < 1.29 is 0 Å². The smallest absolute Gasteiger partial charge is 0.123 e. The highest BCUT2D eigenvalue weighted by molar-refractivity contribution is 5.35. The minimum absolute atomic E-state index is 0.668. The number of fused-ring (bicyclic) bond motifs is 1. The second kappa shape index (κ2) is 7.45. The maximum absolute atomic E-state index is 5.81. The third-order valence-electron chi connectivity index (χ3n) is 5.71. The van der Waals surface area contributed by atoms with Crippen LogP contribution in [0, 0.1) is 5.92 Å². The van der Waals surface area contributed by atoms with E-state index in [-0.39, 0.29) is 0 Å². The van der Waals surface area contributed by atoms with E-state index >= 15 is 0 Å². The van der Waals surface area contributed by atoms with Gasteiger partial charge >= 0.3 is 0 Å². The van der Waals surface area contributed by atoms with Crippen LogP contribution in [-0.4, -0.2) is 29.0 Å². The van der Waals surface area contributed by atoms with Gasteiger partial charge in [0.1, 0.15) is 5.82 Å². The van der Waals surface area contributed by atoms with E-state index in [2.05, 4.69) is 22.9 Å². The molecule has 122 valence electrons. The Morgan fingerprint density at radius 1 is 1.23 bits per heavy atom. The molecule has 1 unspecified atom stereocenters. The zero-order valence-electron chi connectivity index (χ0n) is 14.1. The average molecular weight is 301 g/mol. The first kappa shape index (κ1) is 15.8. The van der Waals surface area contributed by atoms with Crippen LogP contribution in [0.1, 0.15) is 63.1 Å². The van der Waals surface area contributed by atoms with Crippen LogP contribution < -0.4 is 5.73 Å². The van der Waals surface area contributed by atoms with Gasteiger partial charge in [0.15, 0.2) is 0 Å². The molecule has 2 N–H and O–H groups in total. The molecule has 1 atom stereocenters. The van der Waals surface area contributed by atoms with Crippen molar-refractivity contribution in [3.63, 3.8) is 0 Å². The quantitative estimate of drug-likeness (QED) is 0.868. The molecule has 0 spiro atoms. The predicted molar refractivity (Wildman–Crippen MR) is 92.9 cm³/mol. The lowest BCUT2D eigenvalue weighted by Crippen LogP contribution is -2.40. The first-order valence-electron chi connectivity index (χ1n) is 9.24. The minimum atomic E-state index is 0.668. The molecule has 22 heavy (non-hydrogen) atoms. The van der Waals surface area contributed by atoms with Crippen molar-refractivity contribution in [2.24, 2.45) is 5.92 Å². The fourth-order valence-electron chi connectivity index (χ4n) is 4.40. The number of aromatic nitrogens is 1. The SMILES string of the molecule is CCN(CCCC1CCCC1)C1CCc2nc(N)ccc2C1. The van der Waals surface area contributed by atoms with Gasteiger partial charge in [-0.25, -0.2) is 4.98 Å². The van der Waals surface area contributed by atoms with Crippen LogP contribution in [0.2, 0.25) is 0 Å². The van der Waals surface area contributed by atoms with E-state index < -0.39 is 0 Å². The van der Waals surface area contributed by atoms with Crippen molar-refractivity contribution in [2.45, 2.75) is 70.8 Å². The molecule has 1 aromatic rings. The van der Waals surface area contributed by atoms with Gasteiger partial charge in [-0.15, -0.1) is 0 Å². The number of hydrogen-bond donors (Lipinski definition) is 1. The Balaban J connectivity index is 1.51. The number of nitrogens with zero attached hydrogens (tertiary/aromatic N) is 2. The molecule has 1 fully saturated rings. The number of anilines is 1. The summed E-state index contributed by atoms with van der Waals surface area (Å²) in [6.07, 6.45) is 12.2. The molecule has 3 heteroatoms. The van der Waals surface area contributed by atoms with Crippen LogP contribution in [-0.2, 0) is 12.8 Å². The van der Waals surface area contributed by atoms with E-state index in [1.807, 2.05) is 6.07 Å². The van der Waals surface area contributed by atoms with Crippen LogP contribution in [0.4, 0.5) is 5.82 Å². The van der Waals surface area contributed by atoms with Gasteiger partial charge in [0.2, 0.25) is 0 Å². The second-order valence-corrected chi connectivity index (χ2v) is 7.16. The van der Waals surface area contributed by atoms with Crippen LogP contribution in [0.3, 0.4) is 0 Å². The summed E-state index contributed by atoms with van der Waals surface area (Å²) in [5, 5.41) is 0. The Hall–Kier alpha value is -1.09. The second-order valence-electron chi connectivity index (χ2n) is 7.16. The molecule has 0 bridgehead atoms. The summed E-state index contributed by atoms with van der Waals surface area (Å²) in [7, 11) is 0. The summed E-state index contributed by atoms with van der Waals surface area (Å²) in [4.78, 5) is 7.21. The van der Waals surface area contributed by atoms with E-state index in [9.17, 15) is 0 Å². The highest BCUT2D eigenvalue weighted by Gasteiger charge is 2.24. The van der Waals surface area contributed by atoms with Crippen molar-refractivity contribution in [3.8, 4) is 0 Å². The maximum atomic E-state index is 5.81. The molecule has 0 aliphatic heterocycles. The number of hydrogen-bond acceptors (Lipinski definition) is 3. The topological polar surface area (TPSA) is 42.2 Å². The standard InChI is InChI=1S/C19H31N3/c1-2-22(13-5-8-15-6-3-4-7-15)17-10-11-18-16(14-17)9-12-19(20)21-18/h9,12,15,17H,2-8,10-11,13-14H2,1H3,(H2,20,21). The molecule has 0 aromatic carbocycles. The summed E-state index contributed by atoms with van der Waals surface area (Å²) >= 11 is 0. The lowest BCUT2D eigenvalue weighted by molar-refractivity contribution is 0.181. The van der Waals surface area contributed by atoms with E-state index in [1.54, 1.807) is 0 Å². The zero-order chi connectivity index (χ0) is 15.4. The summed E-state index contributed by atoms with van der Waals surface area (Å²) in [5.74, 6) is 1.69. The Morgan fingerprint density at radius 3 is 2.82 bits per heavy atom. The number of pyridine rings is 1. The molecule has 1 aromatic heterocycles. The highest BCUT2D eigenvalue weighted by Crippen LogP contribution is 2.29. The van der Waals surface area contributed by atoms with Gasteiger partial charge in [-0.3, -0.25) is 0 Å². The molecular weight excluding hydrogens is 270 g/mol. The van der Waals surface area contributed by atoms with Crippen molar-refractivity contribution >= 4 is 5.82 Å². The van der Waals surface area contributed by atoms with Gasteiger partial charge in [-0.2, -0.15) is 0 Å². The predicted octanol–water partition coefficient (Wildman–Crippen LogP) is 3.81. The van der Waals surface area contributed by atoms with Gasteiger partial charge in [-0.05, 0) is 62.7 Å². The Kier molecular flexibility index (Phi) is 5.35. The first-order valence-corrected chi connectivity index (χ1v) is 9.24. The average Bonchev–Trinajstić information content (AvgIpc) is 3.04. The number of likely N-dealkylation sites (N-methyl/N-ethyl adjacent to an activating group) is 1. The first-order chi connectivity index (χ1) is 10.8. The monoisotopic (exact) mass is 301 g/mol. The van der Waals surface area contributed by atoms with Crippen molar-refractivity contribution in [1.82, 2.24) is 9.88 Å². The van der Waals surface area contributed by atoms with Gasteiger partial charge in [0, 0.05) is 11.7 Å². The molecule has 0 saturated heterocycles. The Bertz CT molecular complexity index is 480. The molecule has 1 heterocycles. The van der Waals surface area contributed by atoms with Crippen LogP contribution in [0.25, 0.3) is 0 Å². The fraction of sp³-hybridized carbons (Fsp3) is 0.737.